The smallest absolute Gasteiger partial charge is 0.462 e. The number of rotatable bonds is 56. The first-order chi connectivity index (χ1) is 33.0. The van der Waals surface area contributed by atoms with Gasteiger partial charge in [0.15, 0.2) is 6.10 Å². The van der Waals surface area contributed by atoms with Gasteiger partial charge in [-0.2, -0.15) is 0 Å². The molecule has 9 nitrogen and oxygen atoms in total. The molecule has 0 aliphatic rings. The van der Waals surface area contributed by atoms with Crippen LogP contribution in [0.2, 0.25) is 0 Å². The molecule has 0 aliphatic carbocycles. The van der Waals surface area contributed by atoms with Crippen LogP contribution in [0.25, 0.3) is 0 Å². The van der Waals surface area contributed by atoms with Crippen LogP contribution in [0.3, 0.4) is 0 Å². The molecule has 1 N–H and O–H groups in total. The number of likely N-dealkylation sites (N-methyl/N-ethyl adjacent to an activating group) is 1. The van der Waals surface area contributed by atoms with Crippen molar-refractivity contribution in [1.82, 2.24) is 0 Å². The third-order valence-corrected chi connectivity index (χ3v) is 14.6. The number of nitrogens with zero attached hydrogens (tertiary/aromatic N) is 1. The number of quaternary nitrogens is 1. The van der Waals surface area contributed by atoms with Crippen LogP contribution >= 0.6 is 7.82 Å². The molecule has 2 unspecified atom stereocenters. The van der Waals surface area contributed by atoms with Gasteiger partial charge in [-0.25, -0.2) is 4.57 Å². The number of carbonyl (C=O) groups excluding carboxylic acids is 2. The Morgan fingerprint density at radius 1 is 0.397 bits per heavy atom. The van der Waals surface area contributed by atoms with Crippen molar-refractivity contribution in [2.45, 2.75) is 315 Å². The first kappa shape index (κ1) is 67.0. The SMILES string of the molecule is CCCCCCCCCCCCCCCCCCCCCCCCCCCCCCCCCCC(=O)OC(COC(=O)CCCCCCCCCCCCCC)COP(=O)(O)OCC[N+](C)(C)C. The Morgan fingerprint density at radius 3 is 0.941 bits per heavy atom. The largest absolute Gasteiger partial charge is 0.472 e. The van der Waals surface area contributed by atoms with Crippen LogP contribution in [0.4, 0.5) is 0 Å². The molecular weight excluding hydrogens is 870 g/mol. The molecule has 0 aromatic heterocycles. The number of hydrogen-bond donors (Lipinski definition) is 1. The van der Waals surface area contributed by atoms with Gasteiger partial charge in [0.2, 0.25) is 0 Å². The van der Waals surface area contributed by atoms with Crippen molar-refractivity contribution in [3.8, 4) is 0 Å². The second kappa shape index (κ2) is 50.9. The molecule has 0 bridgehead atoms. The maximum atomic E-state index is 12.8. The fraction of sp³-hybridized carbons (Fsp3) is 0.966. The highest BCUT2D eigenvalue weighted by atomic mass is 31.2. The molecule has 0 aromatic rings. The van der Waals surface area contributed by atoms with E-state index in [1.54, 1.807) is 0 Å². The molecule has 68 heavy (non-hydrogen) atoms. The van der Waals surface area contributed by atoms with Crippen molar-refractivity contribution in [3.05, 3.63) is 0 Å². The summed E-state index contributed by atoms with van der Waals surface area (Å²) in [6.45, 7) is 4.49. The first-order valence-electron chi connectivity index (χ1n) is 29.8. The predicted octanol–water partition coefficient (Wildman–Crippen LogP) is 18.3. The highest BCUT2D eigenvalue weighted by Crippen LogP contribution is 2.43. The van der Waals surface area contributed by atoms with E-state index in [9.17, 15) is 19.0 Å². The zero-order valence-electron chi connectivity index (χ0n) is 46.1. The summed E-state index contributed by atoms with van der Waals surface area (Å²) in [6, 6.07) is 0. The lowest BCUT2D eigenvalue weighted by atomic mass is 10.0. The maximum absolute atomic E-state index is 12.8. The second-order valence-electron chi connectivity index (χ2n) is 21.8. The lowest BCUT2D eigenvalue weighted by Crippen LogP contribution is -2.37. The Kier molecular flexibility index (Phi) is 50.2. The van der Waals surface area contributed by atoms with Gasteiger partial charge >= 0.3 is 19.8 Å². The minimum atomic E-state index is -4.37. The van der Waals surface area contributed by atoms with Crippen LogP contribution in [0.1, 0.15) is 309 Å². The van der Waals surface area contributed by atoms with Crippen LogP contribution in [-0.2, 0) is 32.7 Å². The van der Waals surface area contributed by atoms with Crippen molar-refractivity contribution in [2.24, 2.45) is 0 Å². The highest BCUT2D eigenvalue weighted by Gasteiger charge is 2.27. The van der Waals surface area contributed by atoms with E-state index in [4.69, 9.17) is 18.5 Å². The monoisotopic (exact) mass is 987 g/mol. The summed E-state index contributed by atoms with van der Waals surface area (Å²) in [5.41, 5.74) is 0. The van der Waals surface area contributed by atoms with Crippen molar-refractivity contribution in [2.75, 3.05) is 47.5 Å². The maximum Gasteiger partial charge on any atom is 0.472 e. The van der Waals surface area contributed by atoms with Crippen LogP contribution in [0, 0.1) is 0 Å². The van der Waals surface area contributed by atoms with E-state index in [0.29, 0.717) is 17.4 Å². The average molecular weight is 988 g/mol. The Hall–Kier alpha value is -0.990. The molecule has 406 valence electrons. The van der Waals surface area contributed by atoms with E-state index < -0.39 is 26.5 Å². The lowest BCUT2D eigenvalue weighted by Gasteiger charge is -2.24. The van der Waals surface area contributed by atoms with Crippen LogP contribution in [0.15, 0.2) is 0 Å². The molecule has 0 fully saturated rings. The highest BCUT2D eigenvalue weighted by molar-refractivity contribution is 7.47. The van der Waals surface area contributed by atoms with Gasteiger partial charge in [-0.05, 0) is 12.8 Å². The fourth-order valence-corrected chi connectivity index (χ4v) is 9.76. The van der Waals surface area contributed by atoms with Crippen molar-refractivity contribution in [1.29, 1.82) is 0 Å². The number of phosphoric ester groups is 1. The number of unbranched alkanes of at least 4 members (excludes halogenated alkanes) is 42. The third kappa shape index (κ3) is 54.3. The van der Waals surface area contributed by atoms with E-state index in [-0.39, 0.29) is 25.6 Å². The topological polar surface area (TPSA) is 108 Å². The Balaban J connectivity index is 3.93. The van der Waals surface area contributed by atoms with Crippen LogP contribution in [0.5, 0.6) is 0 Å². The first-order valence-corrected chi connectivity index (χ1v) is 31.3. The summed E-state index contributed by atoms with van der Waals surface area (Å²) in [6.07, 6.45) is 57.7. The van der Waals surface area contributed by atoms with E-state index in [0.717, 1.165) is 38.5 Å². The summed E-state index contributed by atoms with van der Waals surface area (Å²) >= 11 is 0. The molecule has 0 radical (unpaired) electrons. The van der Waals surface area contributed by atoms with Gasteiger partial charge in [-0.3, -0.25) is 18.6 Å². The molecule has 0 spiro atoms. The number of phosphoric acid groups is 1. The molecule has 2 atom stereocenters. The quantitative estimate of drug-likeness (QED) is 0.0278. The van der Waals surface area contributed by atoms with Crippen molar-refractivity contribution < 1.29 is 42.1 Å². The van der Waals surface area contributed by atoms with Crippen molar-refractivity contribution >= 4 is 19.8 Å². The Bertz CT molecular complexity index is 1120. The average Bonchev–Trinajstić information content (AvgIpc) is 3.30. The van der Waals surface area contributed by atoms with Gasteiger partial charge in [-0.15, -0.1) is 0 Å². The van der Waals surface area contributed by atoms with Gasteiger partial charge in [0.05, 0.1) is 27.7 Å². The van der Waals surface area contributed by atoms with Gasteiger partial charge in [0.1, 0.15) is 19.8 Å². The predicted molar refractivity (Wildman–Crippen MR) is 289 cm³/mol. The Labute approximate surface area is 423 Å². The van der Waals surface area contributed by atoms with Gasteiger partial charge in [0.25, 0.3) is 0 Å². The van der Waals surface area contributed by atoms with E-state index in [1.807, 2.05) is 21.1 Å². The van der Waals surface area contributed by atoms with E-state index in [2.05, 4.69) is 13.8 Å². The summed E-state index contributed by atoms with van der Waals surface area (Å²) in [5.74, 6) is -0.777. The van der Waals surface area contributed by atoms with Crippen molar-refractivity contribution in [3.63, 3.8) is 0 Å². The number of esters is 2. The standard InChI is InChI=1S/C58H116NO8P/c1-6-8-10-12-14-16-18-20-21-22-23-24-25-26-27-28-29-30-31-32-33-34-35-36-37-38-39-41-43-45-47-49-51-58(61)67-56(55-66-68(62,63)65-53-52-59(3,4)5)54-64-57(60)50-48-46-44-42-40-19-17-15-13-11-9-7-2/h56H,6-55H2,1-5H3/p+1. The zero-order chi connectivity index (χ0) is 49.9. The summed E-state index contributed by atoms with van der Waals surface area (Å²) in [5, 5.41) is 0. The van der Waals surface area contributed by atoms with Crippen LogP contribution < -0.4 is 0 Å². The van der Waals surface area contributed by atoms with E-state index >= 15 is 0 Å². The van der Waals surface area contributed by atoms with Gasteiger partial charge in [0, 0.05) is 12.8 Å². The normalized spacial score (nSPS) is 13.2. The molecule has 0 saturated heterocycles. The molecule has 10 heteroatoms. The number of ether oxygens (including phenoxy) is 2. The second-order valence-corrected chi connectivity index (χ2v) is 23.2. The van der Waals surface area contributed by atoms with Gasteiger partial charge in [-0.1, -0.05) is 284 Å². The molecule has 0 amide bonds. The number of carbonyl (C=O) groups is 2. The minimum absolute atomic E-state index is 0.0372. The minimum Gasteiger partial charge on any atom is -0.462 e. The summed E-state index contributed by atoms with van der Waals surface area (Å²) in [4.78, 5) is 35.6. The molecule has 0 aromatic carbocycles. The van der Waals surface area contributed by atoms with E-state index in [1.165, 1.54) is 244 Å². The van der Waals surface area contributed by atoms with Gasteiger partial charge < -0.3 is 18.9 Å². The molecule has 0 rings (SSSR count). The molecular formula is C58H117NO8P+. The Morgan fingerprint density at radius 2 is 0.662 bits per heavy atom. The van der Waals surface area contributed by atoms with Crippen LogP contribution in [-0.4, -0.2) is 74.9 Å². The molecule has 0 heterocycles. The lowest BCUT2D eigenvalue weighted by molar-refractivity contribution is -0.870. The number of hydrogen-bond acceptors (Lipinski definition) is 7. The molecule has 0 saturated carbocycles. The molecule has 0 aliphatic heterocycles. The fourth-order valence-electron chi connectivity index (χ4n) is 9.02. The summed E-state index contributed by atoms with van der Waals surface area (Å²) in [7, 11) is 1.50. The summed E-state index contributed by atoms with van der Waals surface area (Å²) < 4.78 is 34.5. The third-order valence-electron chi connectivity index (χ3n) is 13.6. The zero-order valence-corrected chi connectivity index (χ0v) is 47.0.